The van der Waals surface area contributed by atoms with E-state index in [1.807, 2.05) is 0 Å². The standard InChI is InChI=1S/C10H14N2O3/c11-9-2-1-8(14)5-7(9)6-10(15)12-3-4-13/h1-2,5,13-14H,3-4,6,11H2,(H,12,15). The molecule has 1 aromatic rings. The molecule has 5 heteroatoms. The van der Waals surface area contributed by atoms with Gasteiger partial charge >= 0.3 is 0 Å². The summed E-state index contributed by atoms with van der Waals surface area (Å²) in [5.74, 6) is -0.157. The molecule has 0 unspecified atom stereocenters. The van der Waals surface area contributed by atoms with Gasteiger partial charge in [0.15, 0.2) is 0 Å². The Morgan fingerprint density at radius 1 is 1.47 bits per heavy atom. The third kappa shape index (κ3) is 3.47. The van der Waals surface area contributed by atoms with Crippen molar-refractivity contribution in [1.29, 1.82) is 0 Å². The second kappa shape index (κ2) is 5.21. The molecule has 1 rings (SSSR count). The average molecular weight is 210 g/mol. The smallest absolute Gasteiger partial charge is 0.224 e. The van der Waals surface area contributed by atoms with Crippen LogP contribution < -0.4 is 11.1 Å². The van der Waals surface area contributed by atoms with E-state index in [0.29, 0.717) is 11.3 Å². The first-order valence-corrected chi connectivity index (χ1v) is 4.58. The van der Waals surface area contributed by atoms with Gasteiger partial charge in [0.2, 0.25) is 5.91 Å². The monoisotopic (exact) mass is 210 g/mol. The molecule has 0 fully saturated rings. The molecular weight excluding hydrogens is 196 g/mol. The predicted octanol–water partition coefficient (Wildman–Crippen LogP) is -0.375. The molecule has 5 N–H and O–H groups in total. The van der Waals surface area contributed by atoms with Crippen LogP contribution in [0.5, 0.6) is 5.75 Å². The maximum Gasteiger partial charge on any atom is 0.224 e. The zero-order valence-corrected chi connectivity index (χ0v) is 8.23. The van der Waals surface area contributed by atoms with Gasteiger partial charge in [0.1, 0.15) is 5.75 Å². The highest BCUT2D eigenvalue weighted by Crippen LogP contribution is 2.18. The molecule has 15 heavy (non-hydrogen) atoms. The van der Waals surface area contributed by atoms with E-state index in [4.69, 9.17) is 10.8 Å². The molecule has 0 aliphatic heterocycles. The van der Waals surface area contributed by atoms with Gasteiger partial charge in [0, 0.05) is 12.2 Å². The normalized spacial score (nSPS) is 9.93. The van der Waals surface area contributed by atoms with Crippen LogP contribution in [0.2, 0.25) is 0 Å². The first-order valence-electron chi connectivity index (χ1n) is 4.58. The van der Waals surface area contributed by atoms with Gasteiger partial charge in [0.25, 0.3) is 0 Å². The maximum atomic E-state index is 11.3. The van der Waals surface area contributed by atoms with Gasteiger partial charge in [0.05, 0.1) is 13.0 Å². The van der Waals surface area contributed by atoms with Crippen LogP contribution in [0.15, 0.2) is 18.2 Å². The number of nitrogens with two attached hydrogens (primary N) is 1. The number of aromatic hydroxyl groups is 1. The number of nitrogens with one attached hydrogen (secondary N) is 1. The van der Waals surface area contributed by atoms with E-state index in [2.05, 4.69) is 5.32 Å². The van der Waals surface area contributed by atoms with Crippen LogP contribution in [0.1, 0.15) is 5.56 Å². The summed E-state index contributed by atoms with van der Waals surface area (Å²) in [6.45, 7) is 0.124. The Hall–Kier alpha value is -1.75. The second-order valence-electron chi connectivity index (χ2n) is 3.13. The number of aliphatic hydroxyl groups excluding tert-OH is 1. The number of carbonyl (C=O) groups excluding carboxylic acids is 1. The fourth-order valence-corrected chi connectivity index (χ4v) is 1.18. The summed E-state index contributed by atoms with van der Waals surface area (Å²) in [4.78, 5) is 11.3. The minimum Gasteiger partial charge on any atom is -0.508 e. The van der Waals surface area contributed by atoms with Crippen LogP contribution in [-0.4, -0.2) is 29.3 Å². The van der Waals surface area contributed by atoms with Gasteiger partial charge < -0.3 is 21.3 Å². The molecule has 0 radical (unpaired) electrons. The quantitative estimate of drug-likeness (QED) is 0.402. The number of aliphatic hydroxyl groups is 1. The maximum absolute atomic E-state index is 11.3. The van der Waals surface area contributed by atoms with Crippen molar-refractivity contribution in [3.05, 3.63) is 23.8 Å². The molecule has 0 saturated carbocycles. The number of anilines is 1. The number of amides is 1. The highest BCUT2D eigenvalue weighted by molar-refractivity contribution is 5.80. The van der Waals surface area contributed by atoms with Crippen LogP contribution in [0.25, 0.3) is 0 Å². The van der Waals surface area contributed by atoms with Gasteiger partial charge in [-0.25, -0.2) is 0 Å². The van der Waals surface area contributed by atoms with Crippen LogP contribution >= 0.6 is 0 Å². The molecule has 0 atom stereocenters. The van der Waals surface area contributed by atoms with Crippen LogP contribution in [0, 0.1) is 0 Å². The number of nitrogen functional groups attached to an aromatic ring is 1. The van der Waals surface area contributed by atoms with Crippen LogP contribution in [0.3, 0.4) is 0 Å². The molecule has 0 bridgehead atoms. The molecule has 0 aliphatic rings. The van der Waals surface area contributed by atoms with E-state index < -0.39 is 0 Å². The molecular formula is C10H14N2O3. The lowest BCUT2D eigenvalue weighted by molar-refractivity contribution is -0.120. The molecule has 82 valence electrons. The molecule has 0 heterocycles. The first-order chi connectivity index (χ1) is 7.13. The minimum atomic E-state index is -0.235. The van der Waals surface area contributed by atoms with Crippen molar-refractivity contribution >= 4 is 11.6 Å². The fourth-order valence-electron chi connectivity index (χ4n) is 1.18. The van der Waals surface area contributed by atoms with E-state index in [9.17, 15) is 9.90 Å². The first kappa shape index (κ1) is 11.3. The second-order valence-corrected chi connectivity index (χ2v) is 3.13. The molecule has 0 saturated heterocycles. The lowest BCUT2D eigenvalue weighted by atomic mass is 10.1. The van der Waals surface area contributed by atoms with Gasteiger partial charge in [-0.05, 0) is 23.8 Å². The Balaban J connectivity index is 2.63. The number of benzene rings is 1. The Morgan fingerprint density at radius 3 is 2.87 bits per heavy atom. The summed E-state index contributed by atoms with van der Waals surface area (Å²) in [5.41, 5.74) is 6.67. The predicted molar refractivity (Wildman–Crippen MR) is 56.3 cm³/mol. The van der Waals surface area contributed by atoms with E-state index in [1.54, 1.807) is 6.07 Å². The summed E-state index contributed by atoms with van der Waals surface area (Å²) >= 11 is 0. The zero-order chi connectivity index (χ0) is 11.3. The number of phenolic OH excluding ortho intramolecular Hbond substituents is 1. The fraction of sp³-hybridized carbons (Fsp3) is 0.300. The Labute approximate surface area is 87.5 Å². The van der Waals surface area contributed by atoms with Crippen molar-refractivity contribution in [2.75, 3.05) is 18.9 Å². The van der Waals surface area contributed by atoms with E-state index in [0.717, 1.165) is 0 Å². The van der Waals surface area contributed by atoms with Crippen LogP contribution in [0.4, 0.5) is 5.69 Å². The number of phenols is 1. The Bertz CT molecular complexity index is 353. The third-order valence-corrected chi connectivity index (χ3v) is 1.91. The topological polar surface area (TPSA) is 95.6 Å². The van der Waals surface area contributed by atoms with Gasteiger partial charge in [-0.1, -0.05) is 0 Å². The van der Waals surface area contributed by atoms with E-state index in [1.165, 1.54) is 12.1 Å². The number of hydrogen-bond donors (Lipinski definition) is 4. The van der Waals surface area contributed by atoms with Crippen molar-refractivity contribution in [2.24, 2.45) is 0 Å². The van der Waals surface area contributed by atoms with Crippen molar-refractivity contribution < 1.29 is 15.0 Å². The minimum absolute atomic E-state index is 0.0779. The highest BCUT2D eigenvalue weighted by atomic mass is 16.3. The molecule has 1 amide bonds. The summed E-state index contributed by atoms with van der Waals surface area (Å²) < 4.78 is 0. The van der Waals surface area contributed by atoms with Crippen molar-refractivity contribution in [2.45, 2.75) is 6.42 Å². The van der Waals surface area contributed by atoms with Gasteiger partial charge in [-0.3, -0.25) is 4.79 Å². The molecule has 0 aromatic heterocycles. The van der Waals surface area contributed by atoms with E-state index >= 15 is 0 Å². The lowest BCUT2D eigenvalue weighted by Crippen LogP contribution is -2.28. The Morgan fingerprint density at radius 2 is 2.20 bits per heavy atom. The lowest BCUT2D eigenvalue weighted by Gasteiger charge is -2.06. The summed E-state index contributed by atoms with van der Waals surface area (Å²) in [6, 6.07) is 4.46. The average Bonchev–Trinajstić information content (AvgIpc) is 2.20. The van der Waals surface area contributed by atoms with E-state index in [-0.39, 0.29) is 31.2 Å². The van der Waals surface area contributed by atoms with Gasteiger partial charge in [-0.15, -0.1) is 0 Å². The summed E-state index contributed by atoms with van der Waals surface area (Å²) in [7, 11) is 0. The van der Waals surface area contributed by atoms with Crippen molar-refractivity contribution in [3.63, 3.8) is 0 Å². The number of hydrogen-bond acceptors (Lipinski definition) is 4. The van der Waals surface area contributed by atoms with Crippen LogP contribution in [-0.2, 0) is 11.2 Å². The molecule has 0 aliphatic carbocycles. The van der Waals surface area contributed by atoms with Crippen molar-refractivity contribution in [1.82, 2.24) is 5.32 Å². The number of rotatable bonds is 4. The zero-order valence-electron chi connectivity index (χ0n) is 8.23. The summed E-state index contributed by atoms with van der Waals surface area (Å²) in [6.07, 6.45) is 0.0975. The third-order valence-electron chi connectivity index (χ3n) is 1.91. The molecule has 1 aromatic carbocycles. The highest BCUT2D eigenvalue weighted by Gasteiger charge is 2.06. The number of carbonyl (C=O) groups is 1. The largest absolute Gasteiger partial charge is 0.508 e. The molecule has 0 spiro atoms. The van der Waals surface area contributed by atoms with Gasteiger partial charge in [-0.2, -0.15) is 0 Å². The summed E-state index contributed by atoms with van der Waals surface area (Å²) in [5, 5.41) is 20.2. The Kier molecular flexibility index (Phi) is 3.93. The SMILES string of the molecule is Nc1ccc(O)cc1CC(=O)NCCO. The molecule has 5 nitrogen and oxygen atoms in total. The van der Waals surface area contributed by atoms with Crippen molar-refractivity contribution in [3.8, 4) is 5.75 Å².